The van der Waals surface area contributed by atoms with Crippen LogP contribution < -0.4 is 5.43 Å². The van der Waals surface area contributed by atoms with Crippen LogP contribution in [-0.2, 0) is 9.53 Å². The average molecular weight is 156 g/mol. The lowest BCUT2D eigenvalue weighted by atomic mass is 10.2. The molecule has 4 nitrogen and oxygen atoms in total. The van der Waals surface area contributed by atoms with E-state index < -0.39 is 0 Å². The molecule has 1 aliphatic rings. The quantitative estimate of drug-likeness (QED) is 0.584. The number of carbonyl (C=O) groups is 1. The fourth-order valence-corrected chi connectivity index (χ4v) is 0.913. The fourth-order valence-electron chi connectivity index (χ4n) is 0.913. The largest absolute Gasteiger partial charge is 0.461 e. The van der Waals surface area contributed by atoms with Crippen LogP contribution in [0.3, 0.4) is 0 Å². The van der Waals surface area contributed by atoms with Gasteiger partial charge in [0.15, 0.2) is 0 Å². The lowest BCUT2D eigenvalue weighted by Crippen LogP contribution is -2.18. The minimum absolute atomic E-state index is 0.259. The minimum Gasteiger partial charge on any atom is -0.461 e. The van der Waals surface area contributed by atoms with Crippen LogP contribution in [0.15, 0.2) is 5.10 Å². The van der Waals surface area contributed by atoms with Crippen molar-refractivity contribution in [3.05, 3.63) is 0 Å². The SMILES string of the molecule is CCOC(=O)C1=NNC(C)C1. The van der Waals surface area contributed by atoms with Crippen LogP contribution in [0.2, 0.25) is 0 Å². The van der Waals surface area contributed by atoms with Gasteiger partial charge in [-0.15, -0.1) is 0 Å². The molecule has 0 aliphatic carbocycles. The summed E-state index contributed by atoms with van der Waals surface area (Å²) in [4.78, 5) is 11.0. The minimum atomic E-state index is -0.302. The molecule has 0 amide bonds. The van der Waals surface area contributed by atoms with Crippen molar-refractivity contribution in [2.45, 2.75) is 26.3 Å². The zero-order valence-electron chi connectivity index (χ0n) is 6.76. The second-order valence-electron chi connectivity index (χ2n) is 2.51. The van der Waals surface area contributed by atoms with Crippen molar-refractivity contribution in [2.24, 2.45) is 5.10 Å². The molecule has 1 atom stereocenters. The van der Waals surface area contributed by atoms with Crippen LogP contribution >= 0.6 is 0 Å². The fraction of sp³-hybridized carbons (Fsp3) is 0.714. The van der Waals surface area contributed by atoms with E-state index in [0.29, 0.717) is 18.7 Å². The maximum absolute atomic E-state index is 11.0. The molecule has 0 aromatic rings. The topological polar surface area (TPSA) is 50.7 Å². The summed E-state index contributed by atoms with van der Waals surface area (Å²) in [6.45, 7) is 4.16. The highest BCUT2D eigenvalue weighted by Gasteiger charge is 2.20. The summed E-state index contributed by atoms with van der Waals surface area (Å²) in [6.07, 6.45) is 0.666. The van der Waals surface area contributed by atoms with Gasteiger partial charge in [-0.25, -0.2) is 4.79 Å². The summed E-state index contributed by atoms with van der Waals surface area (Å²) >= 11 is 0. The molecule has 4 heteroatoms. The molecule has 1 rings (SSSR count). The van der Waals surface area contributed by atoms with Crippen LogP contribution in [0.4, 0.5) is 0 Å². The molecule has 1 unspecified atom stereocenters. The highest BCUT2D eigenvalue weighted by atomic mass is 16.5. The van der Waals surface area contributed by atoms with E-state index in [-0.39, 0.29) is 12.0 Å². The molecule has 0 saturated carbocycles. The third kappa shape index (κ3) is 1.93. The Kier molecular flexibility index (Phi) is 2.46. The van der Waals surface area contributed by atoms with Gasteiger partial charge >= 0.3 is 5.97 Å². The zero-order valence-corrected chi connectivity index (χ0v) is 6.76. The van der Waals surface area contributed by atoms with Gasteiger partial charge in [-0.2, -0.15) is 5.10 Å². The lowest BCUT2D eigenvalue weighted by Gasteiger charge is -1.99. The van der Waals surface area contributed by atoms with E-state index in [0.717, 1.165) is 0 Å². The lowest BCUT2D eigenvalue weighted by molar-refractivity contribution is -0.135. The zero-order chi connectivity index (χ0) is 8.27. The molecule has 0 aromatic carbocycles. The molecule has 62 valence electrons. The first-order valence-corrected chi connectivity index (χ1v) is 3.73. The van der Waals surface area contributed by atoms with Crippen molar-refractivity contribution in [1.82, 2.24) is 5.43 Å². The number of nitrogens with zero attached hydrogens (tertiary/aromatic N) is 1. The number of hydrogen-bond donors (Lipinski definition) is 1. The van der Waals surface area contributed by atoms with Gasteiger partial charge in [0.05, 0.1) is 6.61 Å². The molecular formula is C7H12N2O2. The third-order valence-corrected chi connectivity index (χ3v) is 1.43. The molecule has 0 radical (unpaired) electrons. The molecule has 0 aromatic heterocycles. The summed E-state index contributed by atoms with van der Waals surface area (Å²) in [6, 6.07) is 0.259. The molecule has 1 aliphatic heterocycles. The van der Waals surface area contributed by atoms with E-state index in [9.17, 15) is 4.79 Å². The summed E-state index contributed by atoms with van der Waals surface area (Å²) in [7, 11) is 0. The first-order valence-electron chi connectivity index (χ1n) is 3.73. The van der Waals surface area contributed by atoms with Crippen molar-refractivity contribution in [3.8, 4) is 0 Å². The molecule has 11 heavy (non-hydrogen) atoms. The van der Waals surface area contributed by atoms with E-state index in [1.54, 1.807) is 6.92 Å². The van der Waals surface area contributed by atoms with Crippen LogP contribution in [-0.4, -0.2) is 24.3 Å². The normalized spacial score (nSPS) is 22.4. The Morgan fingerprint density at radius 2 is 2.64 bits per heavy atom. The summed E-state index contributed by atoms with van der Waals surface area (Å²) < 4.78 is 4.76. The van der Waals surface area contributed by atoms with Gasteiger partial charge in [0.2, 0.25) is 0 Å². The van der Waals surface area contributed by atoms with Gasteiger partial charge in [0.25, 0.3) is 0 Å². The number of ether oxygens (including phenoxy) is 1. The summed E-state index contributed by atoms with van der Waals surface area (Å²) in [5.41, 5.74) is 3.30. The third-order valence-electron chi connectivity index (χ3n) is 1.43. The maximum Gasteiger partial charge on any atom is 0.354 e. The van der Waals surface area contributed by atoms with Gasteiger partial charge < -0.3 is 10.2 Å². The van der Waals surface area contributed by atoms with Crippen molar-refractivity contribution < 1.29 is 9.53 Å². The molecule has 0 spiro atoms. The van der Waals surface area contributed by atoms with E-state index in [1.807, 2.05) is 6.92 Å². The molecule has 1 heterocycles. The number of carbonyl (C=O) groups excluding carboxylic acids is 1. The maximum atomic E-state index is 11.0. The van der Waals surface area contributed by atoms with Crippen molar-refractivity contribution in [3.63, 3.8) is 0 Å². The van der Waals surface area contributed by atoms with Crippen LogP contribution in [0.25, 0.3) is 0 Å². The van der Waals surface area contributed by atoms with Crippen molar-refractivity contribution >= 4 is 11.7 Å². The molecule has 1 N–H and O–H groups in total. The standard InChI is InChI=1S/C7H12N2O2/c1-3-11-7(10)6-4-5(2)8-9-6/h5,8H,3-4H2,1-2H3. The van der Waals surface area contributed by atoms with Crippen LogP contribution in [0.1, 0.15) is 20.3 Å². The average Bonchev–Trinajstić information content (AvgIpc) is 2.36. The van der Waals surface area contributed by atoms with Gasteiger partial charge in [0.1, 0.15) is 5.71 Å². The molecule has 0 bridgehead atoms. The number of nitrogens with one attached hydrogen (secondary N) is 1. The number of esters is 1. The Morgan fingerprint density at radius 3 is 3.09 bits per heavy atom. The number of hydrogen-bond acceptors (Lipinski definition) is 4. The first kappa shape index (κ1) is 8.04. The van der Waals surface area contributed by atoms with Crippen molar-refractivity contribution in [2.75, 3.05) is 6.61 Å². The van der Waals surface area contributed by atoms with E-state index in [2.05, 4.69) is 10.5 Å². The highest BCUT2D eigenvalue weighted by molar-refractivity contribution is 6.36. The van der Waals surface area contributed by atoms with E-state index in [1.165, 1.54) is 0 Å². The second-order valence-corrected chi connectivity index (χ2v) is 2.51. The molecule has 0 fully saturated rings. The molecular weight excluding hydrogens is 144 g/mol. The van der Waals surface area contributed by atoms with E-state index >= 15 is 0 Å². The summed E-state index contributed by atoms with van der Waals surface area (Å²) in [5.74, 6) is -0.302. The Hall–Kier alpha value is -1.06. The van der Waals surface area contributed by atoms with Gasteiger partial charge in [-0.3, -0.25) is 0 Å². The second kappa shape index (κ2) is 3.37. The highest BCUT2D eigenvalue weighted by Crippen LogP contribution is 2.03. The van der Waals surface area contributed by atoms with Crippen molar-refractivity contribution in [1.29, 1.82) is 0 Å². The Labute approximate surface area is 65.6 Å². The smallest absolute Gasteiger partial charge is 0.354 e. The summed E-state index contributed by atoms with van der Waals surface area (Å²) in [5, 5.41) is 3.83. The van der Waals surface area contributed by atoms with E-state index in [4.69, 9.17) is 4.74 Å². The number of rotatable bonds is 2. The number of hydrazone groups is 1. The predicted octanol–water partition coefficient (Wildman–Crippen LogP) is 0.287. The monoisotopic (exact) mass is 156 g/mol. The first-order chi connectivity index (χ1) is 5.24. The Morgan fingerprint density at radius 1 is 1.91 bits per heavy atom. The Bertz CT molecular complexity index is 189. The van der Waals surface area contributed by atoms with Crippen LogP contribution in [0, 0.1) is 0 Å². The van der Waals surface area contributed by atoms with Crippen LogP contribution in [0.5, 0.6) is 0 Å². The predicted molar refractivity (Wildman–Crippen MR) is 41.3 cm³/mol. The van der Waals surface area contributed by atoms with Gasteiger partial charge in [-0.1, -0.05) is 0 Å². The molecule has 0 saturated heterocycles. The van der Waals surface area contributed by atoms with Gasteiger partial charge in [-0.05, 0) is 13.8 Å². The Balaban J connectivity index is 2.43. The van der Waals surface area contributed by atoms with Gasteiger partial charge in [0, 0.05) is 12.5 Å².